The number of guanidine groups is 1. The molecule has 2 fully saturated rings. The van der Waals surface area contributed by atoms with Gasteiger partial charge in [-0.2, -0.15) is 0 Å². The van der Waals surface area contributed by atoms with Gasteiger partial charge in [-0.1, -0.05) is 12.8 Å². The van der Waals surface area contributed by atoms with Crippen molar-refractivity contribution >= 4 is 35.8 Å². The van der Waals surface area contributed by atoms with Gasteiger partial charge in [-0.25, -0.2) is 0 Å². The summed E-state index contributed by atoms with van der Waals surface area (Å²) < 4.78 is 0. The zero-order valence-corrected chi connectivity index (χ0v) is 17.7. The van der Waals surface area contributed by atoms with Gasteiger partial charge in [0.05, 0.1) is 0 Å². The highest BCUT2D eigenvalue weighted by molar-refractivity contribution is 14.0. The first kappa shape index (κ1) is 21.5. The van der Waals surface area contributed by atoms with Crippen molar-refractivity contribution in [1.29, 1.82) is 0 Å². The zero-order chi connectivity index (χ0) is 16.7. The molecule has 0 radical (unpaired) electrons. The molecule has 1 saturated carbocycles. The van der Waals surface area contributed by atoms with Crippen molar-refractivity contribution in [1.82, 2.24) is 20.4 Å². The van der Waals surface area contributed by atoms with Crippen LogP contribution in [0.1, 0.15) is 38.5 Å². The van der Waals surface area contributed by atoms with Crippen LogP contribution in [0.5, 0.6) is 0 Å². The number of amides is 1. The Labute approximate surface area is 163 Å². The van der Waals surface area contributed by atoms with Crippen LogP contribution in [0.4, 0.5) is 0 Å². The lowest BCUT2D eigenvalue weighted by Gasteiger charge is -2.21. The Hall–Kier alpha value is -0.570. The number of aliphatic imine (C=N–C) groups is 1. The molecule has 1 atom stereocenters. The van der Waals surface area contributed by atoms with Crippen molar-refractivity contribution in [3.63, 3.8) is 0 Å². The molecular weight excluding hydrogens is 417 g/mol. The summed E-state index contributed by atoms with van der Waals surface area (Å²) in [6.07, 6.45) is 6.71. The minimum atomic E-state index is 0. The average Bonchev–Trinajstić information content (AvgIpc) is 3.20. The number of carbonyl (C=O) groups is 1. The van der Waals surface area contributed by atoms with E-state index in [0.29, 0.717) is 11.9 Å². The highest BCUT2D eigenvalue weighted by Gasteiger charge is 2.32. The number of carbonyl (C=O) groups excluding carboxylic acids is 1. The Kier molecular flexibility index (Phi) is 9.95. The van der Waals surface area contributed by atoms with Gasteiger partial charge in [-0.05, 0) is 46.3 Å². The molecule has 0 aromatic heterocycles. The summed E-state index contributed by atoms with van der Waals surface area (Å²) >= 11 is 0. The lowest BCUT2D eigenvalue weighted by Crippen LogP contribution is -2.45. The molecular formula is C17H34IN5O. The molecule has 0 spiro atoms. The van der Waals surface area contributed by atoms with Gasteiger partial charge in [0.15, 0.2) is 5.96 Å². The van der Waals surface area contributed by atoms with Crippen LogP contribution in [-0.2, 0) is 4.79 Å². The van der Waals surface area contributed by atoms with Crippen molar-refractivity contribution < 1.29 is 4.79 Å². The third-order valence-corrected chi connectivity index (χ3v) is 4.84. The molecule has 24 heavy (non-hydrogen) atoms. The number of hydrogen-bond acceptors (Lipinski definition) is 3. The van der Waals surface area contributed by atoms with Crippen LogP contribution in [0.2, 0.25) is 0 Å². The number of likely N-dealkylation sites (tertiary alicyclic amines) is 1. The fraction of sp³-hybridized carbons (Fsp3) is 0.882. The molecule has 1 aliphatic heterocycles. The zero-order valence-electron chi connectivity index (χ0n) is 15.4. The molecule has 1 aliphatic carbocycles. The minimum Gasteiger partial charge on any atom is -0.356 e. The topological polar surface area (TPSA) is 60.0 Å². The van der Waals surface area contributed by atoms with E-state index >= 15 is 0 Å². The van der Waals surface area contributed by atoms with Crippen molar-refractivity contribution in [3.05, 3.63) is 0 Å². The molecule has 1 amide bonds. The summed E-state index contributed by atoms with van der Waals surface area (Å²) in [6, 6.07) is 0.320. The van der Waals surface area contributed by atoms with E-state index in [2.05, 4.69) is 34.6 Å². The predicted molar refractivity (Wildman–Crippen MR) is 110 cm³/mol. The summed E-state index contributed by atoms with van der Waals surface area (Å²) in [6.45, 7) is 3.67. The Balaban J connectivity index is 0.00000288. The maximum absolute atomic E-state index is 12.5. The SMILES string of the molecule is CN=C(NCCCN(C)C)NC1CCN(C(=O)C2CCCC2)C1.I. The monoisotopic (exact) mass is 451 g/mol. The molecule has 0 aromatic carbocycles. The van der Waals surface area contributed by atoms with Crippen molar-refractivity contribution in [3.8, 4) is 0 Å². The predicted octanol–water partition coefficient (Wildman–Crippen LogP) is 1.51. The third-order valence-electron chi connectivity index (χ3n) is 4.84. The van der Waals surface area contributed by atoms with E-state index in [1.165, 1.54) is 12.8 Å². The van der Waals surface area contributed by atoms with E-state index < -0.39 is 0 Å². The molecule has 2 aliphatic rings. The first-order valence-electron chi connectivity index (χ1n) is 9.01. The van der Waals surface area contributed by atoms with Gasteiger partial charge in [0, 0.05) is 38.6 Å². The maximum atomic E-state index is 12.5. The summed E-state index contributed by atoms with van der Waals surface area (Å²) in [4.78, 5) is 21.0. The quantitative estimate of drug-likeness (QED) is 0.278. The molecule has 1 saturated heterocycles. The number of hydrogen-bond donors (Lipinski definition) is 2. The van der Waals surface area contributed by atoms with Crippen molar-refractivity contribution in [2.75, 3.05) is 47.3 Å². The highest BCUT2D eigenvalue weighted by Crippen LogP contribution is 2.27. The first-order chi connectivity index (χ1) is 11.1. The second-order valence-corrected chi connectivity index (χ2v) is 7.05. The fourth-order valence-corrected chi connectivity index (χ4v) is 3.50. The van der Waals surface area contributed by atoms with Gasteiger partial charge in [0.1, 0.15) is 0 Å². The normalized spacial score (nSPS) is 21.9. The number of rotatable bonds is 6. The molecule has 7 heteroatoms. The van der Waals surface area contributed by atoms with Gasteiger partial charge in [-0.15, -0.1) is 24.0 Å². The summed E-state index contributed by atoms with van der Waals surface area (Å²) in [7, 11) is 5.97. The van der Waals surface area contributed by atoms with Gasteiger partial charge in [-0.3, -0.25) is 9.79 Å². The Morgan fingerprint density at radius 1 is 1.25 bits per heavy atom. The van der Waals surface area contributed by atoms with E-state index in [0.717, 1.165) is 57.8 Å². The van der Waals surface area contributed by atoms with E-state index in [4.69, 9.17) is 0 Å². The van der Waals surface area contributed by atoms with Crippen LogP contribution in [0.15, 0.2) is 4.99 Å². The van der Waals surface area contributed by atoms with Crippen molar-refractivity contribution in [2.24, 2.45) is 10.9 Å². The Bertz CT molecular complexity index is 410. The Morgan fingerprint density at radius 2 is 1.96 bits per heavy atom. The van der Waals surface area contributed by atoms with Crippen LogP contribution in [0.3, 0.4) is 0 Å². The molecule has 0 bridgehead atoms. The summed E-state index contributed by atoms with van der Waals surface area (Å²) in [5, 5.41) is 6.82. The molecule has 1 unspecified atom stereocenters. The second kappa shape index (κ2) is 11.1. The van der Waals surface area contributed by atoms with E-state index in [-0.39, 0.29) is 29.9 Å². The second-order valence-electron chi connectivity index (χ2n) is 7.05. The van der Waals surface area contributed by atoms with Crippen molar-refractivity contribution in [2.45, 2.75) is 44.6 Å². The van der Waals surface area contributed by atoms with Crippen LogP contribution < -0.4 is 10.6 Å². The summed E-state index contributed by atoms with van der Waals surface area (Å²) in [5.74, 6) is 1.52. The third kappa shape index (κ3) is 6.74. The standard InChI is InChI=1S/C17H33N5O.HI/c1-18-17(19-10-6-11-21(2)3)20-15-9-12-22(13-15)16(23)14-7-4-5-8-14;/h14-15H,4-13H2,1-3H3,(H2,18,19,20);1H. The average molecular weight is 451 g/mol. The Morgan fingerprint density at radius 3 is 2.58 bits per heavy atom. The first-order valence-corrected chi connectivity index (χ1v) is 9.01. The van der Waals surface area contributed by atoms with E-state index in [9.17, 15) is 4.79 Å². The molecule has 6 nitrogen and oxygen atoms in total. The van der Waals surface area contributed by atoms with Gasteiger partial charge < -0.3 is 20.4 Å². The smallest absolute Gasteiger partial charge is 0.225 e. The molecule has 0 aromatic rings. The van der Waals surface area contributed by atoms with Gasteiger partial charge in [0.2, 0.25) is 5.91 Å². The number of halogens is 1. The molecule has 1 heterocycles. The van der Waals surface area contributed by atoms with Gasteiger partial charge >= 0.3 is 0 Å². The number of nitrogens with one attached hydrogen (secondary N) is 2. The lowest BCUT2D eigenvalue weighted by atomic mass is 10.1. The summed E-state index contributed by atoms with van der Waals surface area (Å²) in [5.41, 5.74) is 0. The van der Waals surface area contributed by atoms with E-state index in [1.54, 1.807) is 7.05 Å². The van der Waals surface area contributed by atoms with Crippen LogP contribution in [0, 0.1) is 5.92 Å². The molecule has 2 rings (SSSR count). The van der Waals surface area contributed by atoms with Gasteiger partial charge in [0.25, 0.3) is 0 Å². The number of nitrogens with zero attached hydrogens (tertiary/aromatic N) is 3. The van der Waals surface area contributed by atoms with E-state index in [1.807, 2.05) is 4.90 Å². The largest absolute Gasteiger partial charge is 0.356 e. The maximum Gasteiger partial charge on any atom is 0.225 e. The van der Waals surface area contributed by atoms with Crippen LogP contribution >= 0.6 is 24.0 Å². The molecule has 2 N–H and O–H groups in total. The fourth-order valence-electron chi connectivity index (χ4n) is 3.50. The van der Waals surface area contributed by atoms with Crippen LogP contribution in [0.25, 0.3) is 0 Å². The highest BCUT2D eigenvalue weighted by atomic mass is 127. The molecule has 140 valence electrons. The lowest BCUT2D eigenvalue weighted by molar-refractivity contribution is -0.134. The van der Waals surface area contributed by atoms with Crippen LogP contribution in [-0.4, -0.2) is 75.0 Å². The minimum absolute atomic E-state index is 0.